The van der Waals surface area contributed by atoms with Crippen molar-refractivity contribution >= 4 is 15.8 Å². The third-order valence-corrected chi connectivity index (χ3v) is 4.76. The van der Waals surface area contributed by atoms with Crippen molar-refractivity contribution in [3.8, 4) is 5.75 Å². The topological polar surface area (TPSA) is 80.7 Å². The molecule has 20 heavy (non-hydrogen) atoms. The van der Waals surface area contributed by atoms with Gasteiger partial charge in [0.15, 0.2) is 9.84 Å². The number of aliphatic carboxylic acids is 1. The van der Waals surface area contributed by atoms with E-state index >= 15 is 0 Å². The number of carbonyl (C=O) groups is 1. The highest BCUT2D eigenvalue weighted by Crippen LogP contribution is 2.47. The number of sulfone groups is 1. The molecule has 0 heterocycles. The predicted octanol–water partition coefficient (Wildman–Crippen LogP) is 2.07. The average Bonchev–Trinajstić information content (AvgIpc) is 3.17. The molecule has 0 aliphatic heterocycles. The minimum Gasteiger partial charge on any atom is -0.495 e. The lowest BCUT2D eigenvalue weighted by Gasteiger charge is -2.19. The molecule has 1 N–H and O–H groups in total. The zero-order valence-corrected chi connectivity index (χ0v) is 12.3. The van der Waals surface area contributed by atoms with Gasteiger partial charge in [-0.25, -0.2) is 8.42 Å². The first-order chi connectivity index (χ1) is 9.34. The van der Waals surface area contributed by atoms with E-state index in [4.69, 9.17) is 9.84 Å². The monoisotopic (exact) mass is 298 g/mol. The van der Waals surface area contributed by atoms with Gasteiger partial charge < -0.3 is 9.84 Å². The van der Waals surface area contributed by atoms with E-state index in [2.05, 4.69) is 0 Å². The Balaban J connectivity index is 2.56. The standard InChI is InChI=1S/C14H18O5S/c1-19-12-5-3-4-10(14(12)20(2,17)18)11(8-13(15)16)9-6-7-9/h3-5,9,11H,6-8H2,1-2H3,(H,15,16). The predicted molar refractivity (Wildman–Crippen MR) is 73.8 cm³/mol. The minimum atomic E-state index is -3.48. The van der Waals surface area contributed by atoms with Crippen LogP contribution in [0.3, 0.4) is 0 Å². The molecule has 1 aromatic carbocycles. The van der Waals surface area contributed by atoms with Crippen LogP contribution in [-0.4, -0.2) is 32.9 Å². The first kappa shape index (κ1) is 14.8. The minimum absolute atomic E-state index is 0.0552. The fourth-order valence-electron chi connectivity index (χ4n) is 2.60. The molecule has 2 rings (SSSR count). The second-order valence-corrected chi connectivity index (χ2v) is 7.15. The van der Waals surface area contributed by atoms with Gasteiger partial charge in [0.25, 0.3) is 0 Å². The molecular formula is C14H18O5S. The number of hydrogen-bond donors (Lipinski definition) is 1. The van der Waals surface area contributed by atoms with Crippen LogP contribution >= 0.6 is 0 Å². The smallest absolute Gasteiger partial charge is 0.303 e. The Morgan fingerprint density at radius 3 is 2.55 bits per heavy atom. The molecule has 110 valence electrons. The summed E-state index contributed by atoms with van der Waals surface area (Å²) < 4.78 is 29.2. The summed E-state index contributed by atoms with van der Waals surface area (Å²) >= 11 is 0. The van der Waals surface area contributed by atoms with Crippen LogP contribution in [-0.2, 0) is 14.6 Å². The Hall–Kier alpha value is -1.56. The third kappa shape index (κ3) is 3.12. The summed E-state index contributed by atoms with van der Waals surface area (Å²) in [6, 6.07) is 5.00. The number of ether oxygens (including phenoxy) is 1. The lowest BCUT2D eigenvalue weighted by Crippen LogP contribution is -2.13. The summed E-state index contributed by atoms with van der Waals surface area (Å²) in [6.07, 6.45) is 2.95. The van der Waals surface area contributed by atoms with Crippen LogP contribution < -0.4 is 4.74 Å². The number of benzene rings is 1. The quantitative estimate of drug-likeness (QED) is 0.869. The van der Waals surface area contributed by atoms with Crippen molar-refractivity contribution in [1.29, 1.82) is 0 Å². The summed E-state index contributed by atoms with van der Waals surface area (Å²) in [6.45, 7) is 0. The van der Waals surface area contributed by atoms with Crippen LogP contribution in [0.25, 0.3) is 0 Å². The Labute approximate surface area is 118 Å². The number of carboxylic acids is 1. The lowest BCUT2D eigenvalue weighted by atomic mass is 9.91. The van der Waals surface area contributed by atoms with Crippen LogP contribution in [0.1, 0.15) is 30.7 Å². The Morgan fingerprint density at radius 2 is 2.10 bits per heavy atom. The molecule has 1 saturated carbocycles. The zero-order valence-electron chi connectivity index (χ0n) is 11.5. The summed E-state index contributed by atoms with van der Waals surface area (Å²) in [4.78, 5) is 11.2. The van der Waals surface area contributed by atoms with E-state index in [0.717, 1.165) is 19.1 Å². The van der Waals surface area contributed by atoms with E-state index in [1.165, 1.54) is 7.11 Å². The van der Waals surface area contributed by atoms with Gasteiger partial charge in [0.05, 0.1) is 13.5 Å². The van der Waals surface area contributed by atoms with E-state index in [0.29, 0.717) is 5.56 Å². The number of carboxylic acid groups (broad SMARTS) is 1. The molecule has 1 aromatic rings. The van der Waals surface area contributed by atoms with Gasteiger partial charge in [-0.15, -0.1) is 0 Å². The SMILES string of the molecule is COc1cccc(C(CC(=O)O)C2CC2)c1S(C)(=O)=O. The first-order valence-corrected chi connectivity index (χ1v) is 8.32. The second kappa shape index (κ2) is 5.44. The fourth-order valence-corrected chi connectivity index (χ4v) is 3.76. The average molecular weight is 298 g/mol. The van der Waals surface area contributed by atoms with Crippen LogP contribution in [0.2, 0.25) is 0 Å². The molecular weight excluding hydrogens is 280 g/mol. The summed E-state index contributed by atoms with van der Waals surface area (Å²) in [5, 5.41) is 9.06. The molecule has 6 heteroatoms. The van der Waals surface area contributed by atoms with Crippen molar-refractivity contribution < 1.29 is 23.1 Å². The van der Waals surface area contributed by atoms with Crippen LogP contribution in [0.4, 0.5) is 0 Å². The van der Waals surface area contributed by atoms with Crippen molar-refractivity contribution in [2.24, 2.45) is 5.92 Å². The van der Waals surface area contributed by atoms with Crippen molar-refractivity contribution in [3.63, 3.8) is 0 Å². The van der Waals surface area contributed by atoms with Gasteiger partial charge in [-0.2, -0.15) is 0 Å². The molecule has 0 aromatic heterocycles. The van der Waals surface area contributed by atoms with Gasteiger partial charge in [0.2, 0.25) is 0 Å². The van der Waals surface area contributed by atoms with Crippen molar-refractivity contribution in [2.75, 3.05) is 13.4 Å². The third-order valence-electron chi connectivity index (χ3n) is 3.59. The maximum Gasteiger partial charge on any atom is 0.303 e. The van der Waals surface area contributed by atoms with Gasteiger partial charge >= 0.3 is 5.97 Å². The molecule has 1 atom stereocenters. The van der Waals surface area contributed by atoms with Gasteiger partial charge in [-0.3, -0.25) is 4.79 Å². The molecule has 0 radical (unpaired) electrons. The number of methoxy groups -OCH3 is 1. The molecule has 1 aliphatic rings. The highest BCUT2D eigenvalue weighted by molar-refractivity contribution is 7.90. The normalized spacial score (nSPS) is 16.7. The van der Waals surface area contributed by atoms with E-state index in [-0.39, 0.29) is 28.9 Å². The highest BCUT2D eigenvalue weighted by atomic mass is 32.2. The fraction of sp³-hybridized carbons (Fsp3) is 0.500. The first-order valence-electron chi connectivity index (χ1n) is 6.43. The second-order valence-electron chi connectivity index (χ2n) is 5.19. The highest BCUT2D eigenvalue weighted by Gasteiger charge is 2.37. The summed E-state index contributed by atoms with van der Waals surface area (Å²) in [7, 11) is -2.07. The van der Waals surface area contributed by atoms with Gasteiger partial charge in [0.1, 0.15) is 10.6 Å². The molecule has 0 spiro atoms. The van der Waals surface area contributed by atoms with Gasteiger partial charge in [0, 0.05) is 6.26 Å². The van der Waals surface area contributed by atoms with Gasteiger partial charge in [-0.1, -0.05) is 12.1 Å². The molecule has 0 bridgehead atoms. The largest absolute Gasteiger partial charge is 0.495 e. The van der Waals surface area contributed by atoms with E-state index in [1.807, 2.05) is 0 Å². The lowest BCUT2D eigenvalue weighted by molar-refractivity contribution is -0.137. The molecule has 1 fully saturated rings. The molecule has 5 nitrogen and oxygen atoms in total. The van der Waals surface area contributed by atoms with Crippen LogP contribution in [0.15, 0.2) is 23.1 Å². The molecule has 0 amide bonds. The van der Waals surface area contributed by atoms with Gasteiger partial charge in [-0.05, 0) is 36.3 Å². The zero-order chi connectivity index (χ0) is 14.9. The molecule has 1 unspecified atom stereocenters. The van der Waals surface area contributed by atoms with Crippen LogP contribution in [0.5, 0.6) is 5.75 Å². The summed E-state index contributed by atoms with van der Waals surface area (Å²) in [5.74, 6) is -0.656. The number of rotatable bonds is 6. The Morgan fingerprint density at radius 1 is 1.45 bits per heavy atom. The van der Waals surface area contributed by atoms with E-state index in [9.17, 15) is 13.2 Å². The molecule has 0 saturated heterocycles. The molecule has 1 aliphatic carbocycles. The van der Waals surface area contributed by atoms with Crippen LogP contribution in [0, 0.1) is 5.92 Å². The maximum atomic E-state index is 12.0. The van der Waals surface area contributed by atoms with Crippen molar-refractivity contribution in [1.82, 2.24) is 0 Å². The van der Waals surface area contributed by atoms with E-state index < -0.39 is 15.8 Å². The Bertz CT molecular complexity index is 616. The van der Waals surface area contributed by atoms with Crippen molar-refractivity contribution in [3.05, 3.63) is 23.8 Å². The van der Waals surface area contributed by atoms with E-state index in [1.54, 1.807) is 18.2 Å². The van der Waals surface area contributed by atoms with Crippen molar-refractivity contribution in [2.45, 2.75) is 30.1 Å². The maximum absolute atomic E-state index is 12.0. The summed E-state index contributed by atoms with van der Waals surface area (Å²) in [5.41, 5.74) is 0.566. The number of hydrogen-bond acceptors (Lipinski definition) is 4. The Kier molecular flexibility index (Phi) is 4.04.